The average molecular weight is 212 g/mol. The number of hydrogen-bond donors (Lipinski definition) is 1. The Morgan fingerprint density at radius 3 is 3.00 bits per heavy atom. The minimum atomic E-state index is 0.554. The second-order valence-electron chi connectivity index (χ2n) is 2.22. The van der Waals surface area contributed by atoms with Crippen LogP contribution in [-0.2, 0) is 0 Å². The van der Waals surface area contributed by atoms with Crippen LogP contribution < -0.4 is 5.73 Å². The van der Waals surface area contributed by atoms with E-state index in [1.807, 2.05) is 22.7 Å². The first kappa shape index (κ1) is 6.67. The van der Waals surface area contributed by atoms with Crippen LogP contribution in [0.4, 0.5) is 5.82 Å². The first-order valence-electron chi connectivity index (χ1n) is 3.16. The van der Waals surface area contributed by atoms with E-state index in [9.17, 15) is 0 Å². The minimum Gasteiger partial charge on any atom is -0.382 e. The molecule has 0 radical (unpaired) electrons. The summed E-state index contributed by atoms with van der Waals surface area (Å²) in [6.45, 7) is 0. The van der Waals surface area contributed by atoms with Crippen LogP contribution in [0.5, 0.6) is 0 Å². The average Bonchev–Trinajstić information content (AvgIpc) is 2.35. The molecule has 0 saturated heterocycles. The van der Waals surface area contributed by atoms with Crippen LogP contribution in [0.3, 0.4) is 0 Å². The van der Waals surface area contributed by atoms with Crippen LogP contribution in [0.2, 0.25) is 0 Å². The molecular formula is C7H6BrN3. The van der Waals surface area contributed by atoms with E-state index in [1.165, 1.54) is 0 Å². The van der Waals surface area contributed by atoms with Crippen LogP contribution >= 0.6 is 15.9 Å². The first-order valence-corrected chi connectivity index (χ1v) is 3.95. The van der Waals surface area contributed by atoms with E-state index in [-0.39, 0.29) is 0 Å². The molecule has 0 spiro atoms. The molecule has 0 aromatic carbocycles. The molecule has 0 saturated carbocycles. The molecule has 0 atom stereocenters. The molecule has 2 rings (SSSR count). The van der Waals surface area contributed by atoms with Gasteiger partial charge in [-0.15, -0.1) is 0 Å². The highest BCUT2D eigenvalue weighted by Gasteiger charge is 1.99. The lowest BCUT2D eigenvalue weighted by Gasteiger charge is -1.97. The van der Waals surface area contributed by atoms with E-state index in [4.69, 9.17) is 5.73 Å². The van der Waals surface area contributed by atoms with Gasteiger partial charge in [-0.05, 0) is 28.1 Å². The van der Waals surface area contributed by atoms with Crippen molar-refractivity contribution in [1.29, 1.82) is 0 Å². The number of fused-ring (bicyclic) bond motifs is 1. The van der Waals surface area contributed by atoms with Crippen LogP contribution in [0.1, 0.15) is 0 Å². The lowest BCUT2D eigenvalue weighted by molar-refractivity contribution is 1.12. The van der Waals surface area contributed by atoms with Gasteiger partial charge in [0.15, 0.2) is 0 Å². The number of hydrogen-bond acceptors (Lipinski definition) is 2. The van der Waals surface area contributed by atoms with Crippen LogP contribution in [0.25, 0.3) is 5.52 Å². The summed E-state index contributed by atoms with van der Waals surface area (Å²) in [6, 6.07) is 3.86. The Morgan fingerprint density at radius 2 is 2.27 bits per heavy atom. The number of nitrogens with zero attached hydrogens (tertiary/aromatic N) is 2. The van der Waals surface area contributed by atoms with Gasteiger partial charge in [0.05, 0.1) is 10.1 Å². The third kappa shape index (κ3) is 0.903. The van der Waals surface area contributed by atoms with E-state index >= 15 is 0 Å². The lowest BCUT2D eigenvalue weighted by Crippen LogP contribution is -1.93. The third-order valence-corrected chi connectivity index (χ3v) is 2.21. The van der Waals surface area contributed by atoms with Crippen molar-refractivity contribution in [2.45, 2.75) is 0 Å². The van der Waals surface area contributed by atoms with Gasteiger partial charge in [0.25, 0.3) is 0 Å². The van der Waals surface area contributed by atoms with Crippen molar-refractivity contribution < 1.29 is 0 Å². The van der Waals surface area contributed by atoms with Gasteiger partial charge in [-0.2, -0.15) is 0 Å². The zero-order chi connectivity index (χ0) is 7.84. The van der Waals surface area contributed by atoms with E-state index in [0.29, 0.717) is 5.82 Å². The largest absolute Gasteiger partial charge is 0.382 e. The molecule has 3 nitrogen and oxygen atoms in total. The summed E-state index contributed by atoms with van der Waals surface area (Å²) in [5.41, 5.74) is 6.55. The normalized spacial score (nSPS) is 10.6. The molecule has 2 heterocycles. The number of nitrogen functional groups attached to an aromatic ring is 1. The van der Waals surface area contributed by atoms with Crippen molar-refractivity contribution in [3.8, 4) is 0 Å². The van der Waals surface area contributed by atoms with Gasteiger partial charge in [-0.25, -0.2) is 4.98 Å². The Hall–Kier alpha value is -1.03. The highest BCUT2D eigenvalue weighted by Crippen LogP contribution is 2.18. The zero-order valence-corrected chi connectivity index (χ0v) is 7.25. The highest BCUT2D eigenvalue weighted by molar-refractivity contribution is 9.10. The molecule has 2 aromatic heterocycles. The smallest absolute Gasteiger partial charge is 0.147 e. The minimum absolute atomic E-state index is 0.554. The summed E-state index contributed by atoms with van der Waals surface area (Å²) in [5, 5.41) is 0. The maximum Gasteiger partial charge on any atom is 0.147 e. The second-order valence-corrected chi connectivity index (χ2v) is 3.04. The first-order chi connectivity index (χ1) is 5.29. The number of aromatic nitrogens is 2. The molecule has 0 unspecified atom stereocenters. The molecule has 0 aliphatic heterocycles. The van der Waals surface area contributed by atoms with Gasteiger partial charge in [-0.1, -0.05) is 0 Å². The standard InChI is InChI=1S/C7H6BrN3/c8-6-2-1-5-7(9)10-3-4-11(5)6/h1-4H,(H2,9,10). The Balaban J connectivity index is 2.94. The lowest BCUT2D eigenvalue weighted by atomic mass is 10.5. The number of rotatable bonds is 0. The third-order valence-electron chi connectivity index (χ3n) is 1.56. The van der Waals surface area contributed by atoms with Gasteiger partial charge in [-0.3, -0.25) is 0 Å². The molecule has 4 heteroatoms. The van der Waals surface area contributed by atoms with Crippen molar-refractivity contribution in [3.63, 3.8) is 0 Å². The molecule has 56 valence electrons. The molecule has 0 amide bonds. The summed E-state index contributed by atoms with van der Waals surface area (Å²) < 4.78 is 2.92. The predicted octanol–water partition coefficient (Wildman–Crippen LogP) is 1.68. The maximum absolute atomic E-state index is 5.62. The maximum atomic E-state index is 5.62. The van der Waals surface area contributed by atoms with Crippen LogP contribution in [0.15, 0.2) is 29.1 Å². The van der Waals surface area contributed by atoms with Crippen molar-refractivity contribution >= 4 is 27.3 Å². The van der Waals surface area contributed by atoms with Gasteiger partial charge < -0.3 is 10.1 Å². The van der Waals surface area contributed by atoms with E-state index in [1.54, 1.807) is 6.20 Å². The predicted molar refractivity (Wildman–Crippen MR) is 47.3 cm³/mol. The molecular weight excluding hydrogens is 206 g/mol. The van der Waals surface area contributed by atoms with E-state index in [0.717, 1.165) is 10.1 Å². The number of nitrogens with two attached hydrogens (primary N) is 1. The summed E-state index contributed by atoms with van der Waals surface area (Å²) in [6.07, 6.45) is 3.53. The Kier molecular flexibility index (Phi) is 1.35. The van der Waals surface area contributed by atoms with Gasteiger partial charge in [0, 0.05) is 12.4 Å². The quantitative estimate of drug-likeness (QED) is 0.721. The van der Waals surface area contributed by atoms with E-state index in [2.05, 4.69) is 20.9 Å². The topological polar surface area (TPSA) is 43.3 Å². The van der Waals surface area contributed by atoms with Crippen LogP contribution in [-0.4, -0.2) is 9.38 Å². The molecule has 0 bridgehead atoms. The van der Waals surface area contributed by atoms with Crippen LogP contribution in [0, 0.1) is 0 Å². The van der Waals surface area contributed by atoms with Gasteiger partial charge in [0.1, 0.15) is 5.82 Å². The summed E-state index contributed by atoms with van der Waals surface area (Å²) in [4.78, 5) is 3.96. The highest BCUT2D eigenvalue weighted by atomic mass is 79.9. The molecule has 2 aromatic rings. The fraction of sp³-hybridized carbons (Fsp3) is 0. The Bertz CT molecular complexity index is 393. The Morgan fingerprint density at radius 1 is 1.45 bits per heavy atom. The van der Waals surface area contributed by atoms with Crippen molar-refractivity contribution in [2.24, 2.45) is 0 Å². The molecule has 0 aliphatic rings. The second kappa shape index (κ2) is 2.23. The summed E-state index contributed by atoms with van der Waals surface area (Å²) in [7, 11) is 0. The molecule has 2 N–H and O–H groups in total. The van der Waals surface area contributed by atoms with Crippen molar-refractivity contribution in [3.05, 3.63) is 29.1 Å². The van der Waals surface area contributed by atoms with Crippen molar-refractivity contribution in [1.82, 2.24) is 9.38 Å². The summed E-state index contributed by atoms with van der Waals surface area (Å²) in [5.74, 6) is 0.554. The van der Waals surface area contributed by atoms with Crippen molar-refractivity contribution in [2.75, 3.05) is 5.73 Å². The van der Waals surface area contributed by atoms with E-state index < -0.39 is 0 Å². The SMILES string of the molecule is Nc1nccn2c(Br)ccc12. The molecule has 11 heavy (non-hydrogen) atoms. The molecule has 0 fully saturated rings. The van der Waals surface area contributed by atoms with Gasteiger partial charge >= 0.3 is 0 Å². The summed E-state index contributed by atoms with van der Waals surface area (Å²) >= 11 is 3.38. The molecule has 0 aliphatic carbocycles. The monoisotopic (exact) mass is 211 g/mol. The number of halogens is 1. The Labute approximate surface area is 72.0 Å². The fourth-order valence-electron chi connectivity index (χ4n) is 1.03. The number of anilines is 1. The fourth-order valence-corrected chi connectivity index (χ4v) is 1.47. The zero-order valence-electron chi connectivity index (χ0n) is 5.66. The van der Waals surface area contributed by atoms with Gasteiger partial charge in [0.2, 0.25) is 0 Å².